The zero-order chi connectivity index (χ0) is 14.4. The Kier molecular flexibility index (Phi) is 5.65. The lowest BCUT2D eigenvalue weighted by Crippen LogP contribution is -2.46. The van der Waals surface area contributed by atoms with E-state index in [4.69, 9.17) is 4.74 Å². The van der Waals surface area contributed by atoms with Gasteiger partial charge in [0.15, 0.2) is 11.6 Å². The van der Waals surface area contributed by atoms with Gasteiger partial charge in [-0.05, 0) is 51.8 Å². The van der Waals surface area contributed by atoms with Crippen LogP contribution in [0.25, 0.3) is 0 Å². The molecule has 1 aromatic rings. The summed E-state index contributed by atoms with van der Waals surface area (Å²) in [6.07, 6.45) is 5.67. The fraction of sp³-hybridized carbons (Fsp3) is 0.688. The van der Waals surface area contributed by atoms with Gasteiger partial charge in [-0.1, -0.05) is 6.92 Å². The average molecular weight is 277 g/mol. The number of hydrogen-bond donors (Lipinski definition) is 1. The quantitative estimate of drug-likeness (QED) is 0.867. The summed E-state index contributed by atoms with van der Waals surface area (Å²) >= 11 is 0. The molecule has 1 atom stereocenters. The van der Waals surface area contributed by atoms with Crippen LogP contribution in [-0.4, -0.2) is 36.8 Å². The smallest absolute Gasteiger partial charge is 0.171 e. The molecule has 0 bridgehead atoms. The molecular formula is C16H27N3O. The Hall–Kier alpha value is -1.29. The molecule has 1 aliphatic heterocycles. The highest BCUT2D eigenvalue weighted by molar-refractivity contribution is 5.52. The first-order chi connectivity index (χ1) is 9.70. The molecule has 2 rings (SSSR count). The van der Waals surface area contributed by atoms with Crippen LogP contribution < -0.4 is 15.0 Å². The minimum absolute atomic E-state index is 0.178. The van der Waals surface area contributed by atoms with E-state index in [-0.39, 0.29) is 6.10 Å². The van der Waals surface area contributed by atoms with Crippen molar-refractivity contribution in [2.75, 3.05) is 24.5 Å². The van der Waals surface area contributed by atoms with Crippen molar-refractivity contribution in [1.29, 1.82) is 0 Å². The number of nitrogens with one attached hydrogen (secondary N) is 1. The number of rotatable bonds is 6. The first kappa shape index (κ1) is 15.1. The topological polar surface area (TPSA) is 37.4 Å². The third kappa shape index (κ3) is 4.10. The van der Waals surface area contributed by atoms with Gasteiger partial charge in [0.2, 0.25) is 0 Å². The van der Waals surface area contributed by atoms with Gasteiger partial charge in [-0.25, -0.2) is 4.98 Å². The van der Waals surface area contributed by atoms with E-state index in [0.717, 1.165) is 31.2 Å². The normalized spacial score (nSPS) is 19.4. The van der Waals surface area contributed by atoms with Crippen molar-refractivity contribution >= 4 is 5.82 Å². The fourth-order valence-corrected chi connectivity index (χ4v) is 2.65. The molecule has 20 heavy (non-hydrogen) atoms. The SMILES string of the molecule is CCCNC1CCCN(c2ncccc2OC(C)C)C1. The summed E-state index contributed by atoms with van der Waals surface area (Å²) in [5, 5.41) is 3.62. The number of pyridine rings is 1. The molecule has 1 unspecified atom stereocenters. The van der Waals surface area contributed by atoms with E-state index in [1.54, 1.807) is 0 Å². The lowest BCUT2D eigenvalue weighted by Gasteiger charge is -2.35. The second-order valence-electron chi connectivity index (χ2n) is 5.73. The highest BCUT2D eigenvalue weighted by Crippen LogP contribution is 2.28. The molecular weight excluding hydrogens is 250 g/mol. The van der Waals surface area contributed by atoms with Gasteiger partial charge in [-0.2, -0.15) is 0 Å². The molecule has 0 amide bonds. The third-order valence-corrected chi connectivity index (χ3v) is 3.52. The summed E-state index contributed by atoms with van der Waals surface area (Å²) in [6.45, 7) is 9.50. The van der Waals surface area contributed by atoms with Gasteiger partial charge in [0.05, 0.1) is 6.10 Å². The Morgan fingerprint density at radius 2 is 2.35 bits per heavy atom. The van der Waals surface area contributed by atoms with Crippen LogP contribution in [-0.2, 0) is 0 Å². The van der Waals surface area contributed by atoms with Crippen molar-refractivity contribution in [3.8, 4) is 5.75 Å². The molecule has 1 aromatic heterocycles. The summed E-state index contributed by atoms with van der Waals surface area (Å²) in [5.74, 6) is 1.89. The Balaban J connectivity index is 2.06. The van der Waals surface area contributed by atoms with Crippen LogP contribution in [0, 0.1) is 0 Å². The van der Waals surface area contributed by atoms with Gasteiger partial charge in [-0.15, -0.1) is 0 Å². The number of hydrogen-bond acceptors (Lipinski definition) is 4. The van der Waals surface area contributed by atoms with Gasteiger partial charge in [-0.3, -0.25) is 0 Å². The summed E-state index contributed by atoms with van der Waals surface area (Å²) in [7, 11) is 0. The second-order valence-corrected chi connectivity index (χ2v) is 5.73. The highest BCUT2D eigenvalue weighted by Gasteiger charge is 2.22. The molecule has 1 saturated heterocycles. The van der Waals surface area contributed by atoms with Crippen molar-refractivity contribution in [3.63, 3.8) is 0 Å². The lowest BCUT2D eigenvalue weighted by molar-refractivity contribution is 0.241. The first-order valence-electron chi connectivity index (χ1n) is 7.80. The Morgan fingerprint density at radius 3 is 3.10 bits per heavy atom. The molecule has 1 aliphatic rings. The Morgan fingerprint density at radius 1 is 1.50 bits per heavy atom. The lowest BCUT2D eigenvalue weighted by atomic mass is 10.1. The summed E-state index contributed by atoms with van der Waals surface area (Å²) in [5.41, 5.74) is 0. The van der Waals surface area contributed by atoms with Gasteiger partial charge in [0, 0.05) is 25.3 Å². The maximum Gasteiger partial charge on any atom is 0.171 e. The average Bonchev–Trinajstić information content (AvgIpc) is 2.45. The second kappa shape index (κ2) is 7.48. The van der Waals surface area contributed by atoms with Crippen LogP contribution >= 0.6 is 0 Å². The van der Waals surface area contributed by atoms with Crippen LogP contribution in [0.3, 0.4) is 0 Å². The molecule has 2 heterocycles. The fourth-order valence-electron chi connectivity index (χ4n) is 2.65. The molecule has 4 heteroatoms. The highest BCUT2D eigenvalue weighted by atomic mass is 16.5. The standard InChI is InChI=1S/C16H27N3O/c1-4-9-17-14-7-6-11-19(12-14)16-15(20-13(2)3)8-5-10-18-16/h5,8,10,13-14,17H,4,6-7,9,11-12H2,1-3H3. The molecule has 112 valence electrons. The van der Waals surface area contributed by atoms with E-state index in [9.17, 15) is 0 Å². The largest absolute Gasteiger partial charge is 0.487 e. The maximum atomic E-state index is 5.89. The van der Waals surface area contributed by atoms with Crippen LogP contribution in [0.1, 0.15) is 40.0 Å². The number of aromatic nitrogens is 1. The van der Waals surface area contributed by atoms with E-state index in [0.29, 0.717) is 6.04 Å². The summed E-state index contributed by atoms with van der Waals surface area (Å²) < 4.78 is 5.89. The molecule has 4 nitrogen and oxygen atoms in total. The van der Waals surface area contributed by atoms with Crippen molar-refractivity contribution in [2.45, 2.75) is 52.2 Å². The Bertz CT molecular complexity index is 408. The molecule has 0 aromatic carbocycles. The molecule has 0 saturated carbocycles. The number of anilines is 1. The number of ether oxygens (including phenoxy) is 1. The summed E-state index contributed by atoms with van der Waals surface area (Å²) in [6, 6.07) is 4.53. The molecule has 0 radical (unpaired) electrons. The van der Waals surface area contributed by atoms with E-state index < -0.39 is 0 Å². The van der Waals surface area contributed by atoms with Gasteiger partial charge < -0.3 is 15.0 Å². The van der Waals surface area contributed by atoms with Crippen LogP contribution in [0.4, 0.5) is 5.82 Å². The van der Waals surface area contributed by atoms with E-state index in [1.165, 1.54) is 19.3 Å². The maximum absolute atomic E-state index is 5.89. The van der Waals surface area contributed by atoms with Crippen LogP contribution in [0.15, 0.2) is 18.3 Å². The monoisotopic (exact) mass is 277 g/mol. The zero-order valence-corrected chi connectivity index (χ0v) is 12.9. The zero-order valence-electron chi connectivity index (χ0n) is 12.9. The van der Waals surface area contributed by atoms with Crippen molar-refractivity contribution in [3.05, 3.63) is 18.3 Å². The summed E-state index contributed by atoms with van der Waals surface area (Å²) in [4.78, 5) is 6.90. The molecule has 1 fully saturated rings. The predicted molar refractivity (Wildman–Crippen MR) is 83.5 cm³/mol. The first-order valence-corrected chi connectivity index (χ1v) is 7.80. The van der Waals surface area contributed by atoms with Gasteiger partial charge in [0.1, 0.15) is 0 Å². The molecule has 0 aliphatic carbocycles. The third-order valence-electron chi connectivity index (χ3n) is 3.52. The van der Waals surface area contributed by atoms with Crippen LogP contribution in [0.5, 0.6) is 5.75 Å². The van der Waals surface area contributed by atoms with Crippen molar-refractivity contribution in [1.82, 2.24) is 10.3 Å². The minimum atomic E-state index is 0.178. The van der Waals surface area contributed by atoms with E-state index >= 15 is 0 Å². The van der Waals surface area contributed by atoms with Gasteiger partial charge >= 0.3 is 0 Å². The van der Waals surface area contributed by atoms with Crippen LogP contribution in [0.2, 0.25) is 0 Å². The van der Waals surface area contributed by atoms with E-state index in [2.05, 4.69) is 36.0 Å². The Labute approximate surface area is 122 Å². The molecule has 1 N–H and O–H groups in total. The number of nitrogens with zero attached hydrogens (tertiary/aromatic N) is 2. The molecule has 0 spiro atoms. The van der Waals surface area contributed by atoms with Gasteiger partial charge in [0.25, 0.3) is 0 Å². The van der Waals surface area contributed by atoms with E-state index in [1.807, 2.05) is 18.3 Å². The minimum Gasteiger partial charge on any atom is -0.487 e. The number of piperidine rings is 1. The van der Waals surface area contributed by atoms with Crippen molar-refractivity contribution in [2.24, 2.45) is 0 Å². The van der Waals surface area contributed by atoms with Crippen molar-refractivity contribution < 1.29 is 4.74 Å². The predicted octanol–water partition coefficient (Wildman–Crippen LogP) is 2.84.